The van der Waals surface area contributed by atoms with Crippen molar-refractivity contribution < 1.29 is 15.0 Å². The van der Waals surface area contributed by atoms with Crippen LogP contribution in [0.2, 0.25) is 0 Å². The zero-order valence-corrected chi connectivity index (χ0v) is 6.71. The standard InChI is InChI=1S/C6H7BrO3/c7-4-1-3(8)2-5(9)6(4)10/h1,5-6,9-10H,2H2/t5-,6+/m0/s1. The number of aliphatic hydroxyl groups excluding tert-OH is 2. The fourth-order valence-corrected chi connectivity index (χ4v) is 1.36. The highest BCUT2D eigenvalue weighted by Gasteiger charge is 2.26. The van der Waals surface area contributed by atoms with Crippen molar-refractivity contribution in [2.24, 2.45) is 0 Å². The first-order valence-electron chi connectivity index (χ1n) is 2.87. The number of ketones is 1. The highest BCUT2D eigenvalue weighted by Crippen LogP contribution is 2.21. The van der Waals surface area contributed by atoms with Crippen molar-refractivity contribution in [2.45, 2.75) is 18.6 Å². The Balaban J connectivity index is 2.80. The molecule has 4 heteroatoms. The summed E-state index contributed by atoms with van der Waals surface area (Å²) in [6.07, 6.45) is -0.585. The maximum Gasteiger partial charge on any atom is 0.159 e. The molecule has 0 fully saturated rings. The predicted molar refractivity (Wildman–Crippen MR) is 38.6 cm³/mol. The van der Waals surface area contributed by atoms with Crippen LogP contribution in [0.3, 0.4) is 0 Å². The molecule has 1 rings (SSSR count). The Bertz CT molecular complexity index is 187. The molecule has 0 aromatic carbocycles. The van der Waals surface area contributed by atoms with Crippen molar-refractivity contribution in [1.82, 2.24) is 0 Å². The van der Waals surface area contributed by atoms with Gasteiger partial charge in [-0.05, 0) is 6.08 Å². The molecule has 0 aliphatic heterocycles. The average molecular weight is 207 g/mol. The van der Waals surface area contributed by atoms with E-state index < -0.39 is 12.2 Å². The summed E-state index contributed by atoms with van der Waals surface area (Å²) in [5.41, 5.74) is 0. The van der Waals surface area contributed by atoms with Gasteiger partial charge in [0, 0.05) is 10.9 Å². The summed E-state index contributed by atoms with van der Waals surface area (Å²) >= 11 is 2.96. The lowest BCUT2D eigenvalue weighted by molar-refractivity contribution is -0.118. The summed E-state index contributed by atoms with van der Waals surface area (Å²) in [5, 5.41) is 18.0. The van der Waals surface area contributed by atoms with Crippen LogP contribution in [0.5, 0.6) is 0 Å². The topological polar surface area (TPSA) is 57.5 Å². The third kappa shape index (κ3) is 1.45. The van der Waals surface area contributed by atoms with E-state index >= 15 is 0 Å². The van der Waals surface area contributed by atoms with E-state index in [1.807, 2.05) is 0 Å². The van der Waals surface area contributed by atoms with Crippen molar-refractivity contribution in [2.75, 3.05) is 0 Å². The molecule has 0 bridgehead atoms. The molecule has 2 atom stereocenters. The Labute approximate surface area is 66.5 Å². The van der Waals surface area contributed by atoms with E-state index in [1.54, 1.807) is 0 Å². The quantitative estimate of drug-likeness (QED) is 0.585. The Morgan fingerprint density at radius 3 is 2.70 bits per heavy atom. The zero-order valence-electron chi connectivity index (χ0n) is 5.12. The second-order valence-corrected chi connectivity index (χ2v) is 3.13. The Morgan fingerprint density at radius 1 is 1.60 bits per heavy atom. The Hall–Kier alpha value is -0.190. The van der Waals surface area contributed by atoms with E-state index in [9.17, 15) is 4.79 Å². The molecular weight excluding hydrogens is 200 g/mol. The number of carbonyl (C=O) groups excluding carboxylic acids is 1. The first-order valence-corrected chi connectivity index (χ1v) is 3.66. The van der Waals surface area contributed by atoms with Crippen LogP contribution in [0.25, 0.3) is 0 Å². The predicted octanol–water partition coefficient (Wildman–Crippen LogP) is -0.0402. The van der Waals surface area contributed by atoms with Crippen LogP contribution < -0.4 is 0 Å². The first-order chi connectivity index (χ1) is 4.61. The van der Waals surface area contributed by atoms with Gasteiger partial charge in [0.15, 0.2) is 5.78 Å². The number of carbonyl (C=O) groups is 1. The minimum absolute atomic E-state index is 0.0102. The van der Waals surface area contributed by atoms with Gasteiger partial charge in [0.1, 0.15) is 6.10 Å². The number of hydrogen-bond acceptors (Lipinski definition) is 3. The van der Waals surface area contributed by atoms with E-state index in [4.69, 9.17) is 10.2 Å². The molecule has 0 aromatic rings. The number of hydrogen-bond donors (Lipinski definition) is 2. The SMILES string of the molecule is O=C1C=C(Br)[C@@H](O)[C@@H](O)C1. The molecule has 0 spiro atoms. The lowest BCUT2D eigenvalue weighted by Crippen LogP contribution is -2.32. The van der Waals surface area contributed by atoms with Crippen LogP contribution >= 0.6 is 15.9 Å². The molecule has 0 aromatic heterocycles. The van der Waals surface area contributed by atoms with Crippen LogP contribution in [-0.4, -0.2) is 28.2 Å². The molecule has 1 aliphatic rings. The number of aliphatic hydroxyl groups is 2. The largest absolute Gasteiger partial charge is 0.390 e. The summed E-state index contributed by atoms with van der Waals surface area (Å²) in [6, 6.07) is 0. The fourth-order valence-electron chi connectivity index (χ4n) is 0.800. The Kier molecular flexibility index (Phi) is 2.23. The summed E-state index contributed by atoms with van der Waals surface area (Å²) < 4.78 is 0.358. The molecule has 0 radical (unpaired) electrons. The molecule has 2 N–H and O–H groups in total. The van der Waals surface area contributed by atoms with Crippen molar-refractivity contribution >= 4 is 21.7 Å². The van der Waals surface area contributed by atoms with Crippen LogP contribution in [0.4, 0.5) is 0 Å². The minimum atomic E-state index is -0.952. The van der Waals surface area contributed by atoms with Crippen LogP contribution in [0, 0.1) is 0 Å². The van der Waals surface area contributed by atoms with Gasteiger partial charge in [-0.1, -0.05) is 15.9 Å². The maximum absolute atomic E-state index is 10.7. The van der Waals surface area contributed by atoms with Crippen LogP contribution in [0.15, 0.2) is 10.6 Å². The molecule has 0 amide bonds. The summed E-state index contributed by atoms with van der Waals surface area (Å²) in [4.78, 5) is 10.7. The van der Waals surface area contributed by atoms with Gasteiger partial charge >= 0.3 is 0 Å². The molecule has 0 unspecified atom stereocenters. The third-order valence-electron chi connectivity index (χ3n) is 1.36. The van der Waals surface area contributed by atoms with Crippen molar-refractivity contribution in [1.29, 1.82) is 0 Å². The first kappa shape index (κ1) is 7.91. The van der Waals surface area contributed by atoms with E-state index in [0.717, 1.165) is 0 Å². The summed E-state index contributed by atoms with van der Waals surface area (Å²) in [5.74, 6) is -0.162. The lowest BCUT2D eigenvalue weighted by atomic mass is 10.0. The van der Waals surface area contributed by atoms with E-state index in [2.05, 4.69) is 15.9 Å². The zero-order chi connectivity index (χ0) is 7.72. The van der Waals surface area contributed by atoms with Gasteiger partial charge in [0.25, 0.3) is 0 Å². The van der Waals surface area contributed by atoms with E-state index in [1.165, 1.54) is 6.08 Å². The lowest BCUT2D eigenvalue weighted by Gasteiger charge is -2.19. The molecule has 1 aliphatic carbocycles. The van der Waals surface area contributed by atoms with Gasteiger partial charge in [-0.3, -0.25) is 4.79 Å². The average Bonchev–Trinajstić information content (AvgIpc) is 1.82. The van der Waals surface area contributed by atoms with Gasteiger partial charge in [-0.2, -0.15) is 0 Å². The highest BCUT2D eigenvalue weighted by molar-refractivity contribution is 9.11. The molecule has 0 saturated heterocycles. The second kappa shape index (κ2) is 2.82. The van der Waals surface area contributed by atoms with Crippen molar-refractivity contribution in [3.8, 4) is 0 Å². The normalized spacial score (nSPS) is 33.9. The fraction of sp³-hybridized carbons (Fsp3) is 0.500. The van der Waals surface area contributed by atoms with Crippen molar-refractivity contribution in [3.05, 3.63) is 10.6 Å². The van der Waals surface area contributed by atoms with Gasteiger partial charge in [-0.25, -0.2) is 0 Å². The monoisotopic (exact) mass is 206 g/mol. The number of halogens is 1. The smallest absolute Gasteiger partial charge is 0.159 e. The van der Waals surface area contributed by atoms with Gasteiger partial charge in [0.2, 0.25) is 0 Å². The second-order valence-electron chi connectivity index (χ2n) is 2.21. The van der Waals surface area contributed by atoms with E-state index in [-0.39, 0.29) is 12.2 Å². The minimum Gasteiger partial charge on any atom is -0.390 e. The van der Waals surface area contributed by atoms with Crippen molar-refractivity contribution in [3.63, 3.8) is 0 Å². The highest BCUT2D eigenvalue weighted by atomic mass is 79.9. The van der Waals surface area contributed by atoms with Crippen LogP contribution in [0.1, 0.15) is 6.42 Å². The van der Waals surface area contributed by atoms with Crippen LogP contribution in [-0.2, 0) is 4.79 Å². The van der Waals surface area contributed by atoms with E-state index in [0.29, 0.717) is 4.48 Å². The third-order valence-corrected chi connectivity index (χ3v) is 2.05. The number of allylic oxidation sites excluding steroid dienone is 1. The number of rotatable bonds is 0. The maximum atomic E-state index is 10.7. The molecule has 10 heavy (non-hydrogen) atoms. The van der Waals surface area contributed by atoms with Gasteiger partial charge < -0.3 is 10.2 Å². The summed E-state index contributed by atoms with van der Waals surface area (Å²) in [6.45, 7) is 0. The Morgan fingerprint density at radius 2 is 2.20 bits per heavy atom. The van der Waals surface area contributed by atoms with Gasteiger partial charge in [0.05, 0.1) is 6.10 Å². The molecular formula is C6H7BrO3. The summed E-state index contributed by atoms with van der Waals surface area (Å²) in [7, 11) is 0. The molecule has 0 saturated carbocycles. The molecule has 3 nitrogen and oxygen atoms in total. The molecule has 56 valence electrons. The van der Waals surface area contributed by atoms with Gasteiger partial charge in [-0.15, -0.1) is 0 Å². The molecule has 0 heterocycles.